The molecular formula is C18H24ClN5O4. The maximum Gasteiger partial charge on any atom is 0.349 e. The molecule has 2 aliphatic rings. The van der Waals surface area contributed by atoms with Crippen LogP contribution < -0.4 is 17.0 Å². The van der Waals surface area contributed by atoms with Gasteiger partial charge in [0.25, 0.3) is 5.56 Å². The van der Waals surface area contributed by atoms with Crippen molar-refractivity contribution in [2.75, 3.05) is 33.0 Å². The Labute approximate surface area is 167 Å². The smallest absolute Gasteiger partial charge is 0.349 e. The zero-order chi connectivity index (χ0) is 19.4. The van der Waals surface area contributed by atoms with E-state index in [-0.39, 0.29) is 23.9 Å². The average Bonchev–Trinajstić information content (AvgIpc) is 2.62. The summed E-state index contributed by atoms with van der Waals surface area (Å²) in [5, 5.41) is 0. The van der Waals surface area contributed by atoms with Crippen LogP contribution in [0.1, 0.15) is 11.1 Å². The van der Waals surface area contributed by atoms with Gasteiger partial charge in [-0.15, -0.1) is 12.4 Å². The van der Waals surface area contributed by atoms with Crippen LogP contribution in [0.3, 0.4) is 0 Å². The third-order valence-electron chi connectivity index (χ3n) is 4.32. The normalized spacial score (nSPS) is 11.1. The van der Waals surface area contributed by atoms with Gasteiger partial charge in [-0.25, -0.2) is 9.78 Å². The Hall–Kier alpha value is -2.33. The lowest BCUT2D eigenvalue weighted by atomic mass is 10.1. The van der Waals surface area contributed by atoms with E-state index in [2.05, 4.69) is 15.0 Å². The van der Waals surface area contributed by atoms with Crippen LogP contribution >= 0.6 is 12.4 Å². The van der Waals surface area contributed by atoms with Gasteiger partial charge in [-0.3, -0.25) is 9.78 Å². The minimum Gasteiger partial charge on any atom is -0.378 e. The highest BCUT2D eigenvalue weighted by molar-refractivity contribution is 5.85. The van der Waals surface area contributed by atoms with Gasteiger partial charge in [-0.1, -0.05) is 0 Å². The summed E-state index contributed by atoms with van der Waals surface area (Å²) in [6.07, 6.45) is 0. The van der Waals surface area contributed by atoms with Crippen LogP contribution in [-0.4, -0.2) is 52.5 Å². The summed E-state index contributed by atoms with van der Waals surface area (Å²) in [7, 11) is 0. The Morgan fingerprint density at radius 2 is 1.71 bits per heavy atom. The number of nitrogens with zero attached hydrogens (tertiary/aromatic N) is 3. The van der Waals surface area contributed by atoms with Crippen LogP contribution in [-0.2, 0) is 16.0 Å². The molecule has 0 aliphatic carbocycles. The fourth-order valence-corrected chi connectivity index (χ4v) is 2.84. The van der Waals surface area contributed by atoms with Crippen molar-refractivity contribution in [3.05, 3.63) is 44.1 Å². The maximum absolute atomic E-state index is 12.2. The molecule has 10 heteroatoms. The summed E-state index contributed by atoms with van der Waals surface area (Å²) in [5.41, 5.74) is 7.88. The van der Waals surface area contributed by atoms with E-state index in [0.717, 1.165) is 16.6 Å². The van der Waals surface area contributed by atoms with Crippen LogP contribution in [0.5, 0.6) is 0 Å². The second kappa shape index (κ2) is 9.74. The van der Waals surface area contributed by atoms with E-state index in [0.29, 0.717) is 45.0 Å². The molecule has 152 valence electrons. The fraction of sp³-hybridized carbons (Fsp3) is 0.444. The van der Waals surface area contributed by atoms with Gasteiger partial charge in [0.15, 0.2) is 11.5 Å². The molecule has 3 N–H and O–H groups in total. The second-order valence-electron chi connectivity index (χ2n) is 6.25. The summed E-state index contributed by atoms with van der Waals surface area (Å²) in [6, 6.07) is 3.90. The first-order valence-electron chi connectivity index (χ1n) is 8.78. The Morgan fingerprint density at radius 1 is 1.04 bits per heavy atom. The van der Waals surface area contributed by atoms with Crippen LogP contribution in [0.15, 0.2) is 21.7 Å². The van der Waals surface area contributed by atoms with Gasteiger partial charge in [0.2, 0.25) is 0 Å². The topological polar surface area (TPSA) is 125 Å². The predicted molar refractivity (Wildman–Crippen MR) is 108 cm³/mol. The minimum atomic E-state index is -0.692. The first kappa shape index (κ1) is 22.0. The molecule has 2 aliphatic heterocycles. The predicted octanol–water partition coefficient (Wildman–Crippen LogP) is 0.615. The van der Waals surface area contributed by atoms with Gasteiger partial charge >= 0.3 is 5.69 Å². The molecule has 0 amide bonds. The van der Waals surface area contributed by atoms with Crippen molar-refractivity contribution in [3.8, 4) is 11.5 Å². The number of nitrogens with two attached hydrogens (primary N) is 1. The van der Waals surface area contributed by atoms with E-state index >= 15 is 0 Å². The van der Waals surface area contributed by atoms with E-state index < -0.39 is 11.2 Å². The van der Waals surface area contributed by atoms with E-state index in [1.807, 2.05) is 30.5 Å². The number of nitrogens with one attached hydrogen (secondary N) is 1. The fourth-order valence-electron chi connectivity index (χ4n) is 2.84. The summed E-state index contributed by atoms with van der Waals surface area (Å²) >= 11 is 0. The molecule has 0 saturated carbocycles. The molecule has 0 radical (unpaired) electrons. The summed E-state index contributed by atoms with van der Waals surface area (Å²) < 4.78 is 12.7. The first-order valence-corrected chi connectivity index (χ1v) is 8.78. The van der Waals surface area contributed by atoms with Crippen LogP contribution in [0.4, 0.5) is 0 Å². The van der Waals surface area contributed by atoms with Gasteiger partial charge < -0.3 is 19.8 Å². The first-order chi connectivity index (χ1) is 13.0. The van der Waals surface area contributed by atoms with Crippen LogP contribution in [0.25, 0.3) is 22.6 Å². The standard InChI is InChI=1S/C18H23N5O4.ClH/c1-11-9-13-14(10-12(11)2)23(4-6-27-8-7-26-5-3-19)16-15(20-13)17(24)22-18(25)21-16;/h9-10H,3-8,19H2,1-2H3,(H,22,24,25);1H. The summed E-state index contributed by atoms with van der Waals surface area (Å²) in [5.74, 6) is 0.252. The zero-order valence-electron chi connectivity index (χ0n) is 15.9. The number of aryl methyl sites for hydroxylation is 2. The van der Waals surface area contributed by atoms with Gasteiger partial charge in [-0.05, 0) is 37.1 Å². The van der Waals surface area contributed by atoms with Crippen molar-refractivity contribution in [3.63, 3.8) is 0 Å². The molecule has 0 saturated heterocycles. The zero-order valence-corrected chi connectivity index (χ0v) is 16.7. The van der Waals surface area contributed by atoms with E-state index in [1.165, 1.54) is 0 Å². The quantitative estimate of drug-likeness (QED) is 0.412. The van der Waals surface area contributed by atoms with Gasteiger partial charge in [-0.2, -0.15) is 4.98 Å². The molecule has 0 bridgehead atoms. The van der Waals surface area contributed by atoms with Gasteiger partial charge in [0.1, 0.15) is 0 Å². The highest BCUT2D eigenvalue weighted by atomic mass is 35.5. The molecule has 0 aromatic heterocycles. The number of rotatable bonds is 8. The Kier molecular flexibility index (Phi) is 7.64. The van der Waals surface area contributed by atoms with Crippen LogP contribution in [0, 0.1) is 13.8 Å². The lowest BCUT2D eigenvalue weighted by Crippen LogP contribution is -2.29. The van der Waals surface area contributed by atoms with Crippen molar-refractivity contribution in [1.29, 1.82) is 0 Å². The lowest BCUT2D eigenvalue weighted by Gasteiger charge is -2.17. The summed E-state index contributed by atoms with van der Waals surface area (Å²) in [6.45, 7) is 6.64. The van der Waals surface area contributed by atoms with Crippen molar-refractivity contribution >= 4 is 23.4 Å². The number of halogens is 1. The Bertz CT molecular complexity index is 1030. The van der Waals surface area contributed by atoms with Crippen molar-refractivity contribution in [2.45, 2.75) is 20.4 Å². The third-order valence-corrected chi connectivity index (χ3v) is 4.32. The molecule has 0 atom stereocenters. The second-order valence-corrected chi connectivity index (χ2v) is 6.25. The summed E-state index contributed by atoms with van der Waals surface area (Å²) in [4.78, 5) is 34.5. The van der Waals surface area contributed by atoms with Crippen molar-refractivity contribution < 1.29 is 9.47 Å². The molecule has 1 aromatic rings. The largest absolute Gasteiger partial charge is 0.378 e. The molecular weight excluding hydrogens is 386 g/mol. The third kappa shape index (κ3) is 4.74. The minimum absolute atomic E-state index is 0. The molecule has 2 heterocycles. The lowest BCUT2D eigenvalue weighted by molar-refractivity contribution is 0.0480. The number of aromatic amines is 1. The van der Waals surface area contributed by atoms with E-state index in [9.17, 15) is 9.59 Å². The van der Waals surface area contributed by atoms with E-state index in [1.54, 1.807) is 0 Å². The molecule has 0 spiro atoms. The molecule has 1 aromatic carbocycles. The number of aromatic nitrogens is 4. The van der Waals surface area contributed by atoms with Gasteiger partial charge in [0.05, 0.1) is 37.5 Å². The number of H-pyrrole nitrogens is 1. The Balaban J connectivity index is 0.00000280. The monoisotopic (exact) mass is 409 g/mol. The van der Waals surface area contributed by atoms with Crippen molar-refractivity contribution in [2.24, 2.45) is 5.73 Å². The number of ether oxygens (including phenoxy) is 2. The van der Waals surface area contributed by atoms with Crippen LogP contribution in [0.2, 0.25) is 0 Å². The average molecular weight is 410 g/mol. The highest BCUT2D eigenvalue weighted by Crippen LogP contribution is 2.23. The highest BCUT2D eigenvalue weighted by Gasteiger charge is 2.19. The molecule has 9 nitrogen and oxygen atoms in total. The molecule has 28 heavy (non-hydrogen) atoms. The molecule has 3 rings (SSSR count). The van der Waals surface area contributed by atoms with Gasteiger partial charge in [0, 0.05) is 13.1 Å². The van der Waals surface area contributed by atoms with E-state index in [4.69, 9.17) is 15.2 Å². The number of fused-ring (bicyclic) bond motifs is 2. The Morgan fingerprint density at radius 3 is 2.43 bits per heavy atom. The molecule has 0 fully saturated rings. The molecule has 0 unspecified atom stereocenters. The number of hydrogen-bond acceptors (Lipinski definition) is 7. The SMILES string of the molecule is Cc1cc2nc3c(=O)[nH]c(=O)nc-3n(CCOCCOCCN)c2cc1C.Cl. The number of hydrogen-bond donors (Lipinski definition) is 2. The maximum atomic E-state index is 12.2. The number of benzene rings is 1. The van der Waals surface area contributed by atoms with Crippen molar-refractivity contribution in [1.82, 2.24) is 19.5 Å².